The smallest absolute Gasteiger partial charge is 0.250 e. The van der Waals surface area contributed by atoms with Crippen LogP contribution in [0.3, 0.4) is 0 Å². The molecule has 0 unspecified atom stereocenters. The number of ether oxygens (including phenoxy) is 1. The van der Waals surface area contributed by atoms with E-state index in [2.05, 4.69) is 10.3 Å². The lowest BCUT2D eigenvalue weighted by Crippen LogP contribution is -2.18. The van der Waals surface area contributed by atoms with Gasteiger partial charge in [0.05, 0.1) is 19.9 Å². The molecule has 0 saturated heterocycles. The summed E-state index contributed by atoms with van der Waals surface area (Å²) in [7, 11) is 1.62. The van der Waals surface area contributed by atoms with E-state index >= 15 is 0 Å². The minimum Gasteiger partial charge on any atom is -0.497 e. The zero-order valence-corrected chi connectivity index (χ0v) is 17.7. The molecule has 0 radical (unpaired) electrons. The van der Waals surface area contributed by atoms with Gasteiger partial charge in [-0.05, 0) is 48.0 Å². The quantitative estimate of drug-likeness (QED) is 0.455. The van der Waals surface area contributed by atoms with E-state index in [-0.39, 0.29) is 17.9 Å². The summed E-state index contributed by atoms with van der Waals surface area (Å²) >= 11 is 0. The highest BCUT2D eigenvalue weighted by Gasteiger charge is 2.10. The average molecular weight is 429 g/mol. The normalized spacial score (nSPS) is 10.7. The molecule has 7 nitrogen and oxygen atoms in total. The molecule has 4 rings (SSSR count). The highest BCUT2D eigenvalue weighted by atomic mass is 16.5. The number of rotatable bonds is 8. The molecule has 0 aliphatic carbocycles. The number of benzene rings is 2. The van der Waals surface area contributed by atoms with Crippen molar-refractivity contribution in [1.29, 1.82) is 0 Å². The van der Waals surface area contributed by atoms with Gasteiger partial charge in [0.25, 0.3) is 5.56 Å². The number of hydrogen-bond donors (Lipinski definition) is 1. The molecule has 1 N–H and O–H groups in total. The van der Waals surface area contributed by atoms with Crippen molar-refractivity contribution in [2.24, 2.45) is 0 Å². The molecule has 0 aliphatic rings. The number of methoxy groups -OCH3 is 1. The van der Waals surface area contributed by atoms with Crippen LogP contribution in [-0.4, -0.2) is 22.6 Å². The van der Waals surface area contributed by atoms with Crippen molar-refractivity contribution >= 4 is 11.6 Å². The van der Waals surface area contributed by atoms with Gasteiger partial charge in [-0.1, -0.05) is 18.2 Å². The molecule has 0 spiro atoms. The van der Waals surface area contributed by atoms with Gasteiger partial charge < -0.3 is 19.0 Å². The Morgan fingerprint density at radius 1 is 1.06 bits per heavy atom. The number of carbonyl (C=O) groups is 1. The molecule has 7 heteroatoms. The van der Waals surface area contributed by atoms with Crippen LogP contribution in [0.25, 0.3) is 11.3 Å². The maximum Gasteiger partial charge on any atom is 0.250 e. The lowest BCUT2D eigenvalue weighted by atomic mass is 10.2. The molecule has 32 heavy (non-hydrogen) atoms. The predicted octanol–water partition coefficient (Wildman–Crippen LogP) is 4.13. The molecule has 0 atom stereocenters. The Bertz CT molecular complexity index is 1240. The number of nitrogens with one attached hydrogen (secondary N) is 1. The largest absolute Gasteiger partial charge is 0.497 e. The summed E-state index contributed by atoms with van der Waals surface area (Å²) in [6.45, 7) is 0.481. The molecule has 2 heterocycles. The van der Waals surface area contributed by atoms with Gasteiger partial charge in [0.2, 0.25) is 5.91 Å². The van der Waals surface area contributed by atoms with Crippen molar-refractivity contribution in [2.45, 2.75) is 19.4 Å². The lowest BCUT2D eigenvalue weighted by Gasteiger charge is -2.08. The van der Waals surface area contributed by atoms with Gasteiger partial charge in [-0.15, -0.1) is 0 Å². The number of pyridine rings is 1. The molecule has 0 bridgehead atoms. The van der Waals surface area contributed by atoms with Crippen LogP contribution >= 0.6 is 0 Å². The number of aryl methyl sites for hydroxylation is 1. The van der Waals surface area contributed by atoms with Crippen LogP contribution in [0.2, 0.25) is 0 Å². The first-order valence-corrected chi connectivity index (χ1v) is 10.2. The van der Waals surface area contributed by atoms with Crippen molar-refractivity contribution in [3.05, 3.63) is 101 Å². The third kappa shape index (κ3) is 5.31. The monoisotopic (exact) mass is 429 g/mol. The zero-order valence-electron chi connectivity index (χ0n) is 17.7. The first kappa shape index (κ1) is 21.1. The summed E-state index contributed by atoms with van der Waals surface area (Å²) in [4.78, 5) is 28.4. The number of oxazole rings is 1. The first-order chi connectivity index (χ1) is 15.6. The molecule has 2 aromatic carbocycles. The van der Waals surface area contributed by atoms with Gasteiger partial charge in [0.15, 0.2) is 11.7 Å². The maximum absolute atomic E-state index is 12.3. The fourth-order valence-electron chi connectivity index (χ4n) is 3.24. The van der Waals surface area contributed by atoms with Crippen LogP contribution in [0, 0.1) is 0 Å². The minimum absolute atomic E-state index is 0.0495. The molecular formula is C25H23N3O4. The van der Waals surface area contributed by atoms with Crippen molar-refractivity contribution in [2.75, 3.05) is 12.4 Å². The summed E-state index contributed by atoms with van der Waals surface area (Å²) in [6.07, 6.45) is 4.06. The van der Waals surface area contributed by atoms with Gasteiger partial charge >= 0.3 is 0 Å². The number of anilines is 1. The molecule has 4 aromatic rings. The van der Waals surface area contributed by atoms with Crippen LogP contribution in [0.4, 0.5) is 5.69 Å². The van der Waals surface area contributed by atoms with Crippen LogP contribution in [-0.2, 0) is 17.8 Å². The van der Waals surface area contributed by atoms with Gasteiger partial charge in [0.1, 0.15) is 5.75 Å². The summed E-state index contributed by atoms with van der Waals surface area (Å²) in [6, 6.07) is 20.0. The van der Waals surface area contributed by atoms with E-state index in [1.54, 1.807) is 30.1 Å². The van der Waals surface area contributed by atoms with E-state index in [1.807, 2.05) is 54.6 Å². The van der Waals surface area contributed by atoms with Crippen molar-refractivity contribution < 1.29 is 13.9 Å². The Morgan fingerprint density at radius 2 is 1.84 bits per heavy atom. The third-order valence-electron chi connectivity index (χ3n) is 4.98. The van der Waals surface area contributed by atoms with E-state index < -0.39 is 0 Å². The second-order valence-corrected chi connectivity index (χ2v) is 7.26. The maximum atomic E-state index is 12.3. The first-order valence-electron chi connectivity index (χ1n) is 10.2. The van der Waals surface area contributed by atoms with Gasteiger partial charge in [0, 0.05) is 36.4 Å². The second-order valence-electron chi connectivity index (χ2n) is 7.26. The zero-order chi connectivity index (χ0) is 22.3. The summed E-state index contributed by atoms with van der Waals surface area (Å²) in [5.41, 5.74) is 2.52. The molecular weight excluding hydrogens is 406 g/mol. The van der Waals surface area contributed by atoms with E-state index in [0.29, 0.717) is 30.3 Å². The highest BCUT2D eigenvalue weighted by Crippen LogP contribution is 2.23. The summed E-state index contributed by atoms with van der Waals surface area (Å²) in [5.74, 6) is 1.80. The minimum atomic E-state index is -0.124. The van der Waals surface area contributed by atoms with Crippen molar-refractivity contribution in [3.63, 3.8) is 0 Å². The SMILES string of the molecule is COc1ccc(-c2cnc(CCC(=O)Nc3ccc(Cn4ccccc4=O)cc3)o2)cc1. The summed E-state index contributed by atoms with van der Waals surface area (Å²) in [5, 5.41) is 2.87. The van der Waals surface area contributed by atoms with Crippen molar-refractivity contribution in [3.8, 4) is 17.1 Å². The van der Waals surface area contributed by atoms with Crippen LogP contribution < -0.4 is 15.6 Å². The lowest BCUT2D eigenvalue weighted by molar-refractivity contribution is -0.116. The fourth-order valence-corrected chi connectivity index (χ4v) is 3.24. The Balaban J connectivity index is 1.29. The third-order valence-corrected chi connectivity index (χ3v) is 4.98. The van der Waals surface area contributed by atoms with Gasteiger partial charge in [-0.3, -0.25) is 9.59 Å². The van der Waals surface area contributed by atoms with Crippen LogP contribution in [0.5, 0.6) is 5.75 Å². The van der Waals surface area contributed by atoms with E-state index in [0.717, 1.165) is 16.9 Å². The van der Waals surface area contributed by atoms with E-state index in [4.69, 9.17) is 9.15 Å². The molecule has 0 saturated carbocycles. The second kappa shape index (κ2) is 9.78. The molecule has 162 valence electrons. The van der Waals surface area contributed by atoms with Crippen LogP contribution in [0.15, 0.2) is 88.3 Å². The Morgan fingerprint density at radius 3 is 2.56 bits per heavy atom. The van der Waals surface area contributed by atoms with Gasteiger partial charge in [-0.25, -0.2) is 4.98 Å². The standard InChI is InChI=1S/C25H23N3O4/c1-31-21-11-7-19(8-12-21)22-16-26-24(32-22)14-13-23(29)27-20-9-5-18(6-10-20)17-28-15-3-2-4-25(28)30/h2-12,15-16H,13-14,17H2,1H3,(H,27,29). The van der Waals surface area contributed by atoms with Crippen LogP contribution in [0.1, 0.15) is 17.9 Å². The summed E-state index contributed by atoms with van der Waals surface area (Å²) < 4.78 is 12.6. The molecule has 0 aliphatic heterocycles. The number of amides is 1. The average Bonchev–Trinajstić information content (AvgIpc) is 3.30. The topological polar surface area (TPSA) is 86.4 Å². The number of hydrogen-bond acceptors (Lipinski definition) is 5. The Labute approximate surface area is 185 Å². The fraction of sp³-hybridized carbons (Fsp3) is 0.160. The van der Waals surface area contributed by atoms with E-state index in [9.17, 15) is 9.59 Å². The molecule has 2 aromatic heterocycles. The number of aromatic nitrogens is 2. The van der Waals surface area contributed by atoms with E-state index in [1.165, 1.54) is 6.07 Å². The Hall–Kier alpha value is -4.13. The number of nitrogens with zero attached hydrogens (tertiary/aromatic N) is 2. The Kier molecular flexibility index (Phi) is 6.46. The predicted molar refractivity (Wildman–Crippen MR) is 122 cm³/mol. The van der Waals surface area contributed by atoms with Crippen molar-refractivity contribution in [1.82, 2.24) is 9.55 Å². The molecule has 0 fully saturated rings. The molecule has 1 amide bonds. The van der Waals surface area contributed by atoms with Gasteiger partial charge in [-0.2, -0.15) is 0 Å². The highest BCUT2D eigenvalue weighted by molar-refractivity contribution is 5.90. The number of carbonyl (C=O) groups excluding carboxylic acids is 1.